The average molecular weight is 178 g/mol. The van der Waals surface area contributed by atoms with Crippen LogP contribution in [0.1, 0.15) is 33.1 Å². The lowest BCUT2D eigenvalue weighted by Crippen LogP contribution is -2.09. The largest absolute Gasteiger partial charge is 0.316 e. The third-order valence-electron chi connectivity index (χ3n) is 2.31. The Kier molecular flexibility index (Phi) is 5.98. The van der Waals surface area contributed by atoms with Crippen LogP contribution in [0.2, 0.25) is 0 Å². The zero-order chi connectivity index (χ0) is 7.40. The van der Waals surface area contributed by atoms with Crippen molar-refractivity contribution in [2.75, 3.05) is 13.1 Å². The Morgan fingerprint density at radius 2 is 2.18 bits per heavy atom. The van der Waals surface area contributed by atoms with Crippen molar-refractivity contribution in [2.24, 2.45) is 11.8 Å². The summed E-state index contributed by atoms with van der Waals surface area (Å²) in [5.41, 5.74) is 0. The fourth-order valence-corrected chi connectivity index (χ4v) is 1.53. The molecule has 1 aliphatic rings. The molecule has 0 bridgehead atoms. The van der Waals surface area contributed by atoms with E-state index in [1.807, 2.05) is 0 Å². The van der Waals surface area contributed by atoms with Crippen LogP contribution in [0.3, 0.4) is 0 Å². The third-order valence-corrected chi connectivity index (χ3v) is 2.31. The highest BCUT2D eigenvalue weighted by Gasteiger charge is 2.13. The van der Waals surface area contributed by atoms with E-state index in [1.165, 1.54) is 32.4 Å². The number of rotatable bonds is 3. The maximum atomic E-state index is 3.40. The minimum Gasteiger partial charge on any atom is -0.316 e. The Morgan fingerprint density at radius 1 is 1.45 bits per heavy atom. The van der Waals surface area contributed by atoms with Crippen LogP contribution in [0.15, 0.2) is 0 Å². The van der Waals surface area contributed by atoms with E-state index in [1.54, 1.807) is 0 Å². The van der Waals surface area contributed by atoms with E-state index in [-0.39, 0.29) is 12.4 Å². The second kappa shape index (κ2) is 5.84. The predicted molar refractivity (Wildman–Crippen MR) is 52.3 cm³/mol. The van der Waals surface area contributed by atoms with Crippen LogP contribution in [0.5, 0.6) is 0 Å². The first-order chi connectivity index (χ1) is 4.79. The van der Waals surface area contributed by atoms with E-state index in [4.69, 9.17) is 0 Å². The fourth-order valence-electron chi connectivity index (χ4n) is 1.53. The maximum absolute atomic E-state index is 3.40. The molecule has 1 saturated heterocycles. The molecule has 1 N–H and O–H groups in total. The van der Waals surface area contributed by atoms with Crippen LogP contribution < -0.4 is 5.32 Å². The lowest BCUT2D eigenvalue weighted by molar-refractivity contribution is 0.450. The van der Waals surface area contributed by atoms with Gasteiger partial charge in [-0.15, -0.1) is 12.4 Å². The summed E-state index contributed by atoms with van der Waals surface area (Å²) in [6.45, 7) is 7.14. The van der Waals surface area contributed by atoms with Gasteiger partial charge < -0.3 is 5.32 Å². The van der Waals surface area contributed by atoms with Crippen LogP contribution in [0, 0.1) is 11.8 Å². The molecule has 1 unspecified atom stereocenters. The second-order valence-electron chi connectivity index (χ2n) is 3.83. The molecule has 11 heavy (non-hydrogen) atoms. The quantitative estimate of drug-likeness (QED) is 0.699. The monoisotopic (exact) mass is 177 g/mol. The molecule has 0 saturated carbocycles. The van der Waals surface area contributed by atoms with Crippen molar-refractivity contribution in [2.45, 2.75) is 33.1 Å². The summed E-state index contributed by atoms with van der Waals surface area (Å²) in [5, 5.41) is 3.40. The molecule has 0 amide bonds. The molecule has 0 radical (unpaired) electrons. The van der Waals surface area contributed by atoms with Crippen LogP contribution in [-0.2, 0) is 0 Å². The van der Waals surface area contributed by atoms with Gasteiger partial charge in [0.1, 0.15) is 0 Å². The van der Waals surface area contributed by atoms with Gasteiger partial charge in [-0.2, -0.15) is 0 Å². The zero-order valence-electron chi connectivity index (χ0n) is 7.60. The lowest BCUT2D eigenvalue weighted by Gasteiger charge is -2.09. The van der Waals surface area contributed by atoms with Crippen molar-refractivity contribution in [3.8, 4) is 0 Å². The highest BCUT2D eigenvalue weighted by Crippen LogP contribution is 2.17. The van der Waals surface area contributed by atoms with Gasteiger partial charge in [-0.25, -0.2) is 0 Å². The predicted octanol–water partition coefficient (Wildman–Crippen LogP) is 2.45. The molecule has 1 fully saturated rings. The summed E-state index contributed by atoms with van der Waals surface area (Å²) in [4.78, 5) is 0. The first-order valence-electron chi connectivity index (χ1n) is 4.49. The van der Waals surface area contributed by atoms with E-state index in [0.717, 1.165) is 11.8 Å². The van der Waals surface area contributed by atoms with Gasteiger partial charge in [0, 0.05) is 0 Å². The van der Waals surface area contributed by atoms with Crippen molar-refractivity contribution in [1.29, 1.82) is 0 Å². The second-order valence-corrected chi connectivity index (χ2v) is 3.83. The summed E-state index contributed by atoms with van der Waals surface area (Å²) in [6, 6.07) is 0. The van der Waals surface area contributed by atoms with E-state index < -0.39 is 0 Å². The smallest absolute Gasteiger partial charge is 0.00200 e. The molecule has 0 aromatic carbocycles. The highest BCUT2D eigenvalue weighted by atomic mass is 35.5. The Labute approximate surface area is 76.4 Å². The third kappa shape index (κ3) is 4.65. The number of halogens is 1. The van der Waals surface area contributed by atoms with Gasteiger partial charge in [-0.1, -0.05) is 20.3 Å². The molecule has 2 heteroatoms. The van der Waals surface area contributed by atoms with E-state index in [9.17, 15) is 0 Å². The van der Waals surface area contributed by atoms with Gasteiger partial charge in [-0.3, -0.25) is 0 Å². The van der Waals surface area contributed by atoms with Gasteiger partial charge >= 0.3 is 0 Å². The number of nitrogens with one attached hydrogen (secondary N) is 1. The van der Waals surface area contributed by atoms with E-state index >= 15 is 0 Å². The summed E-state index contributed by atoms with van der Waals surface area (Å²) in [6.07, 6.45) is 4.25. The molecule has 0 spiro atoms. The molecule has 1 heterocycles. The molecule has 1 aliphatic heterocycles. The van der Waals surface area contributed by atoms with Crippen molar-refractivity contribution in [3.63, 3.8) is 0 Å². The molecule has 1 atom stereocenters. The molecule has 1 rings (SSSR count). The first-order valence-corrected chi connectivity index (χ1v) is 4.49. The number of hydrogen-bond donors (Lipinski definition) is 1. The van der Waals surface area contributed by atoms with Crippen molar-refractivity contribution in [3.05, 3.63) is 0 Å². The summed E-state index contributed by atoms with van der Waals surface area (Å²) in [7, 11) is 0. The lowest BCUT2D eigenvalue weighted by atomic mass is 9.97. The SMILES string of the molecule is CC(C)CCC1CCNC1.Cl. The molecule has 0 aromatic heterocycles. The molecule has 1 nitrogen and oxygen atoms in total. The van der Waals surface area contributed by atoms with Crippen molar-refractivity contribution < 1.29 is 0 Å². The molecule has 0 aliphatic carbocycles. The summed E-state index contributed by atoms with van der Waals surface area (Å²) < 4.78 is 0. The van der Waals surface area contributed by atoms with E-state index in [0.29, 0.717) is 0 Å². The molecular weight excluding hydrogens is 158 g/mol. The van der Waals surface area contributed by atoms with E-state index in [2.05, 4.69) is 19.2 Å². The van der Waals surface area contributed by atoms with Crippen LogP contribution in [0.4, 0.5) is 0 Å². The summed E-state index contributed by atoms with van der Waals surface area (Å²) >= 11 is 0. The van der Waals surface area contributed by atoms with Gasteiger partial charge in [0.15, 0.2) is 0 Å². The molecular formula is C9H20ClN. The summed E-state index contributed by atoms with van der Waals surface area (Å²) in [5.74, 6) is 1.88. The van der Waals surface area contributed by atoms with Crippen LogP contribution in [0.25, 0.3) is 0 Å². The maximum Gasteiger partial charge on any atom is -0.00200 e. The average Bonchev–Trinajstić information content (AvgIpc) is 2.34. The Balaban J connectivity index is 0.000001000. The molecule has 0 aromatic rings. The standard InChI is InChI=1S/C9H19N.ClH/c1-8(2)3-4-9-5-6-10-7-9;/h8-10H,3-7H2,1-2H3;1H. The minimum absolute atomic E-state index is 0. The highest BCUT2D eigenvalue weighted by molar-refractivity contribution is 5.85. The van der Waals surface area contributed by atoms with Crippen LogP contribution in [-0.4, -0.2) is 13.1 Å². The van der Waals surface area contributed by atoms with Gasteiger partial charge in [0.25, 0.3) is 0 Å². The Hall–Kier alpha value is 0.250. The van der Waals surface area contributed by atoms with Crippen LogP contribution >= 0.6 is 12.4 Å². The zero-order valence-corrected chi connectivity index (χ0v) is 8.41. The molecule has 68 valence electrons. The minimum atomic E-state index is 0. The Bertz CT molecular complexity index is 87.6. The number of hydrogen-bond acceptors (Lipinski definition) is 1. The topological polar surface area (TPSA) is 12.0 Å². The normalized spacial score (nSPS) is 23.7. The van der Waals surface area contributed by atoms with Gasteiger partial charge in [0.2, 0.25) is 0 Å². The van der Waals surface area contributed by atoms with Gasteiger partial charge in [-0.05, 0) is 37.8 Å². The van der Waals surface area contributed by atoms with Crippen molar-refractivity contribution in [1.82, 2.24) is 5.32 Å². The Morgan fingerprint density at radius 3 is 2.64 bits per heavy atom. The fraction of sp³-hybridized carbons (Fsp3) is 1.00. The van der Waals surface area contributed by atoms with Crippen molar-refractivity contribution >= 4 is 12.4 Å². The van der Waals surface area contributed by atoms with Gasteiger partial charge in [0.05, 0.1) is 0 Å². The first kappa shape index (κ1) is 11.2.